The SMILES string of the molecule is Cc1cn(-c2ccnc3nc(-c4n[nH]c5ccc(-c6cncc(NC(=O)CN(C)C)c6)nc45)[nH]c23)cn1. The van der Waals surface area contributed by atoms with Crippen molar-refractivity contribution in [1.29, 1.82) is 0 Å². The summed E-state index contributed by atoms with van der Waals surface area (Å²) in [7, 11) is 3.68. The summed E-state index contributed by atoms with van der Waals surface area (Å²) < 4.78 is 1.93. The van der Waals surface area contributed by atoms with Crippen LogP contribution >= 0.6 is 0 Å². The fourth-order valence-corrected chi connectivity index (χ4v) is 4.14. The first-order valence-corrected chi connectivity index (χ1v) is 11.6. The number of imidazole rings is 2. The number of aryl methyl sites for hydroxylation is 1. The maximum atomic E-state index is 12.2. The number of carbonyl (C=O) groups is 1. The second-order valence-corrected chi connectivity index (χ2v) is 8.95. The lowest BCUT2D eigenvalue weighted by Gasteiger charge is -2.10. The lowest BCUT2D eigenvalue weighted by molar-refractivity contribution is -0.116. The fourth-order valence-electron chi connectivity index (χ4n) is 4.14. The fraction of sp³-hybridized carbons (Fsp3) is 0.160. The lowest BCUT2D eigenvalue weighted by Crippen LogP contribution is -2.27. The number of carbonyl (C=O) groups excluding carboxylic acids is 1. The van der Waals surface area contributed by atoms with Gasteiger partial charge in [-0.25, -0.2) is 19.9 Å². The number of nitrogens with zero attached hydrogens (tertiary/aromatic N) is 8. The average Bonchev–Trinajstić information content (AvgIpc) is 3.60. The van der Waals surface area contributed by atoms with Crippen LogP contribution in [-0.2, 0) is 4.79 Å². The van der Waals surface area contributed by atoms with E-state index in [9.17, 15) is 4.79 Å². The summed E-state index contributed by atoms with van der Waals surface area (Å²) in [6.45, 7) is 2.22. The predicted octanol–water partition coefficient (Wildman–Crippen LogP) is 2.95. The van der Waals surface area contributed by atoms with Gasteiger partial charge in [0.15, 0.2) is 17.2 Å². The maximum absolute atomic E-state index is 12.2. The number of rotatable bonds is 6. The highest BCUT2D eigenvalue weighted by Gasteiger charge is 2.17. The van der Waals surface area contributed by atoms with Gasteiger partial charge >= 0.3 is 0 Å². The van der Waals surface area contributed by atoms with Gasteiger partial charge in [0.1, 0.15) is 11.0 Å². The number of anilines is 1. The number of hydrogen-bond acceptors (Lipinski definition) is 8. The van der Waals surface area contributed by atoms with E-state index in [1.165, 1.54) is 0 Å². The zero-order valence-electron chi connectivity index (χ0n) is 20.4. The Morgan fingerprint density at radius 1 is 1.14 bits per heavy atom. The topological polar surface area (TPSA) is 146 Å². The van der Waals surface area contributed by atoms with Crippen molar-refractivity contribution in [1.82, 2.24) is 49.6 Å². The van der Waals surface area contributed by atoms with Gasteiger partial charge in [0.05, 0.1) is 47.3 Å². The lowest BCUT2D eigenvalue weighted by atomic mass is 10.1. The Balaban J connectivity index is 1.38. The summed E-state index contributed by atoms with van der Waals surface area (Å²) in [4.78, 5) is 39.9. The highest BCUT2D eigenvalue weighted by molar-refractivity contribution is 5.94. The highest BCUT2D eigenvalue weighted by Crippen LogP contribution is 2.29. The number of hydrogen-bond donors (Lipinski definition) is 3. The van der Waals surface area contributed by atoms with Crippen LogP contribution in [0.5, 0.6) is 0 Å². The minimum absolute atomic E-state index is 0.117. The quantitative estimate of drug-likeness (QED) is 0.321. The van der Waals surface area contributed by atoms with E-state index in [0.717, 1.165) is 28.0 Å². The maximum Gasteiger partial charge on any atom is 0.238 e. The third-order valence-corrected chi connectivity index (χ3v) is 5.77. The molecule has 0 saturated carbocycles. The van der Waals surface area contributed by atoms with Crippen LogP contribution in [0.25, 0.3) is 50.7 Å². The van der Waals surface area contributed by atoms with Crippen molar-refractivity contribution < 1.29 is 4.79 Å². The molecule has 12 nitrogen and oxygen atoms in total. The van der Waals surface area contributed by atoms with E-state index >= 15 is 0 Å². The minimum atomic E-state index is -0.117. The Morgan fingerprint density at radius 3 is 2.84 bits per heavy atom. The number of pyridine rings is 3. The van der Waals surface area contributed by atoms with Crippen molar-refractivity contribution in [2.24, 2.45) is 0 Å². The summed E-state index contributed by atoms with van der Waals surface area (Å²) >= 11 is 0. The molecule has 0 spiro atoms. The molecule has 37 heavy (non-hydrogen) atoms. The van der Waals surface area contributed by atoms with Crippen LogP contribution in [0.4, 0.5) is 5.69 Å². The summed E-state index contributed by atoms with van der Waals surface area (Å²) in [5, 5.41) is 10.4. The summed E-state index contributed by atoms with van der Waals surface area (Å²) in [5.74, 6) is 0.429. The molecular formula is C25H23N11O. The van der Waals surface area contributed by atoms with Gasteiger partial charge in [0, 0.05) is 24.2 Å². The molecule has 0 atom stereocenters. The first-order chi connectivity index (χ1) is 17.9. The van der Waals surface area contributed by atoms with Crippen molar-refractivity contribution in [3.8, 4) is 28.5 Å². The standard InChI is InChI=1S/C25H23N11O/c1-14-11-36(13-28-14)19-6-7-27-24-22(19)31-25(32-24)23-21-18(33-34-23)5-4-17(30-21)15-8-16(10-26-9-15)29-20(37)12-35(2)3/h4-11,13H,12H2,1-3H3,(H,29,37)(H,33,34)(H,27,31,32). The Kier molecular flexibility index (Phi) is 5.42. The molecule has 0 aliphatic carbocycles. The van der Waals surface area contributed by atoms with Crippen LogP contribution in [0.2, 0.25) is 0 Å². The zero-order valence-corrected chi connectivity index (χ0v) is 20.4. The molecule has 1 amide bonds. The molecule has 6 aromatic rings. The Hall–Kier alpha value is -4.97. The molecule has 0 saturated heterocycles. The number of amides is 1. The minimum Gasteiger partial charge on any atom is -0.333 e. The monoisotopic (exact) mass is 493 g/mol. The summed E-state index contributed by atoms with van der Waals surface area (Å²) in [5.41, 5.74) is 7.18. The van der Waals surface area contributed by atoms with Gasteiger partial charge in [0.25, 0.3) is 0 Å². The largest absolute Gasteiger partial charge is 0.333 e. The van der Waals surface area contributed by atoms with Gasteiger partial charge in [-0.15, -0.1) is 0 Å². The van der Waals surface area contributed by atoms with Crippen molar-refractivity contribution in [2.45, 2.75) is 6.92 Å². The van der Waals surface area contributed by atoms with Gasteiger partial charge in [0.2, 0.25) is 5.91 Å². The number of H-pyrrole nitrogens is 2. The zero-order chi connectivity index (χ0) is 25.5. The molecule has 0 aliphatic heterocycles. The van der Waals surface area contributed by atoms with Crippen LogP contribution in [0.15, 0.2) is 55.4 Å². The van der Waals surface area contributed by atoms with Crippen LogP contribution in [0, 0.1) is 6.92 Å². The van der Waals surface area contributed by atoms with Crippen molar-refractivity contribution in [2.75, 3.05) is 26.0 Å². The molecule has 0 aliphatic rings. The van der Waals surface area contributed by atoms with Crippen LogP contribution in [0.3, 0.4) is 0 Å². The molecule has 6 rings (SSSR count). The van der Waals surface area contributed by atoms with Crippen LogP contribution in [-0.4, -0.2) is 76.1 Å². The Morgan fingerprint density at radius 2 is 2.03 bits per heavy atom. The summed E-state index contributed by atoms with van der Waals surface area (Å²) in [6, 6.07) is 7.54. The van der Waals surface area contributed by atoms with E-state index < -0.39 is 0 Å². The normalized spacial score (nSPS) is 11.6. The molecule has 0 fully saturated rings. The van der Waals surface area contributed by atoms with Crippen molar-refractivity contribution in [3.05, 3.63) is 61.1 Å². The van der Waals surface area contributed by atoms with Crippen molar-refractivity contribution in [3.63, 3.8) is 0 Å². The number of aromatic nitrogens is 9. The third-order valence-electron chi connectivity index (χ3n) is 5.77. The molecule has 0 bridgehead atoms. The number of nitrogens with one attached hydrogen (secondary N) is 3. The summed E-state index contributed by atoms with van der Waals surface area (Å²) in [6.07, 6.45) is 8.74. The molecule has 0 unspecified atom stereocenters. The smallest absolute Gasteiger partial charge is 0.238 e. The third kappa shape index (κ3) is 4.29. The van der Waals surface area contributed by atoms with Gasteiger partial charge in [-0.2, -0.15) is 5.10 Å². The van der Waals surface area contributed by atoms with Crippen molar-refractivity contribution >= 4 is 33.8 Å². The van der Waals surface area contributed by atoms with E-state index in [4.69, 9.17) is 4.98 Å². The van der Waals surface area contributed by atoms with E-state index in [0.29, 0.717) is 34.1 Å². The molecule has 6 heterocycles. The second-order valence-electron chi connectivity index (χ2n) is 8.95. The Bertz CT molecular complexity index is 1760. The number of likely N-dealkylation sites (N-methyl/N-ethyl adjacent to an activating group) is 1. The first kappa shape index (κ1) is 22.5. The first-order valence-electron chi connectivity index (χ1n) is 11.6. The average molecular weight is 494 g/mol. The molecule has 184 valence electrons. The van der Waals surface area contributed by atoms with E-state index in [1.54, 1.807) is 29.8 Å². The number of fused-ring (bicyclic) bond motifs is 2. The van der Waals surface area contributed by atoms with Gasteiger partial charge in [-0.05, 0) is 45.3 Å². The van der Waals surface area contributed by atoms with Crippen LogP contribution in [0.1, 0.15) is 5.69 Å². The predicted molar refractivity (Wildman–Crippen MR) is 139 cm³/mol. The molecule has 0 aromatic carbocycles. The van der Waals surface area contributed by atoms with Gasteiger partial charge in [-0.1, -0.05) is 0 Å². The highest BCUT2D eigenvalue weighted by atomic mass is 16.2. The molecule has 3 N–H and O–H groups in total. The molecule has 0 radical (unpaired) electrons. The Labute approximate surface area is 210 Å². The van der Waals surface area contributed by atoms with E-state index in [1.807, 2.05) is 56.0 Å². The number of aromatic amines is 2. The molecule has 12 heteroatoms. The van der Waals surface area contributed by atoms with Gasteiger partial charge < -0.3 is 19.8 Å². The van der Waals surface area contributed by atoms with Gasteiger partial charge in [-0.3, -0.25) is 14.9 Å². The van der Waals surface area contributed by atoms with E-state index in [2.05, 4.69) is 40.4 Å². The molecule has 6 aromatic heterocycles. The molecular weight excluding hydrogens is 470 g/mol. The van der Waals surface area contributed by atoms with Crippen LogP contribution < -0.4 is 5.32 Å². The second kappa shape index (κ2) is 8.91. The van der Waals surface area contributed by atoms with E-state index in [-0.39, 0.29) is 12.5 Å².